The molecule has 82 valence electrons. The van der Waals surface area contributed by atoms with E-state index in [0.717, 1.165) is 27.9 Å². The Hall–Kier alpha value is 0.240. The van der Waals surface area contributed by atoms with E-state index in [2.05, 4.69) is 34.0 Å². The number of aryl methyl sites for hydroxylation is 1. The molecule has 1 N–H and O–H groups in total. The summed E-state index contributed by atoms with van der Waals surface area (Å²) in [4.78, 5) is 0. The Labute approximate surface area is 117 Å². The Balaban J connectivity index is 2.33. The van der Waals surface area contributed by atoms with Gasteiger partial charge < -0.3 is 7.80 Å². The smallest absolute Gasteiger partial charge is 0.192 e. The van der Waals surface area contributed by atoms with Crippen molar-refractivity contribution in [2.24, 2.45) is 0 Å². The van der Waals surface area contributed by atoms with Crippen molar-refractivity contribution >= 4 is 45.6 Å². The third-order valence-electron chi connectivity index (χ3n) is 2.47. The van der Waals surface area contributed by atoms with Crippen molar-refractivity contribution in [3.05, 3.63) is 21.3 Å². The molecule has 1 aliphatic rings. The van der Waals surface area contributed by atoms with Crippen molar-refractivity contribution in [3.8, 4) is 11.5 Å². The van der Waals surface area contributed by atoms with Gasteiger partial charge in [0.2, 0.25) is 0 Å². The van der Waals surface area contributed by atoms with Gasteiger partial charge in [-0.15, -0.1) is 0 Å². The van der Waals surface area contributed by atoms with E-state index in [1.54, 1.807) is 0 Å². The quantitative estimate of drug-likeness (QED) is 0.732. The van der Waals surface area contributed by atoms with Crippen LogP contribution in [0.15, 0.2) is 12.1 Å². The predicted octanol–water partition coefficient (Wildman–Crippen LogP) is 2.89. The van der Waals surface area contributed by atoms with Crippen molar-refractivity contribution < 1.29 is 7.80 Å². The first-order valence-electron chi connectivity index (χ1n) is 4.69. The topological polar surface area (TPSA) is 30.5 Å². The lowest BCUT2D eigenvalue weighted by Crippen LogP contribution is -2.34. The van der Waals surface area contributed by atoms with Gasteiger partial charge in [-0.3, -0.25) is 5.32 Å². The summed E-state index contributed by atoms with van der Waals surface area (Å²) in [6.45, 7) is 0. The van der Waals surface area contributed by atoms with Crippen molar-refractivity contribution in [1.82, 2.24) is 5.32 Å². The molecule has 0 saturated heterocycles. The number of benzene rings is 1. The van der Waals surface area contributed by atoms with Crippen LogP contribution in [0.1, 0.15) is 12.0 Å². The molecule has 0 aliphatic carbocycles. The average molecular weight is 431 g/mol. The van der Waals surface area contributed by atoms with Gasteiger partial charge in [0.15, 0.2) is 28.8 Å². The predicted molar refractivity (Wildman–Crippen MR) is 75.6 cm³/mol. The zero-order chi connectivity index (χ0) is 10.8. The number of nitrogens with one attached hydrogen (secondary N) is 1. The fraction of sp³-hybridized carbons (Fsp3) is 0.400. The Morgan fingerprint density at radius 1 is 1.53 bits per heavy atom. The first-order chi connectivity index (χ1) is 7.24. The SMILES string of the molecule is CNC1CCc2cc(I)c(OI)cc2O1. The van der Waals surface area contributed by atoms with Gasteiger partial charge in [0.25, 0.3) is 0 Å². The average Bonchev–Trinajstić information content (AvgIpc) is 2.27. The van der Waals surface area contributed by atoms with Crippen molar-refractivity contribution in [2.45, 2.75) is 19.1 Å². The fourth-order valence-corrected chi connectivity index (χ4v) is 3.07. The standard InChI is InChI=1S/C10H11I2NO2/c1-13-10-3-2-6-4-7(11)9(15-12)5-8(6)14-10/h4-5,10,13H,2-3H2,1H3. The van der Waals surface area contributed by atoms with E-state index in [9.17, 15) is 0 Å². The molecule has 1 heterocycles. The highest BCUT2D eigenvalue weighted by atomic mass is 127. The molecule has 1 unspecified atom stereocenters. The fourth-order valence-electron chi connectivity index (χ4n) is 1.64. The summed E-state index contributed by atoms with van der Waals surface area (Å²) < 4.78 is 12.2. The van der Waals surface area contributed by atoms with Crippen LogP contribution in [0.4, 0.5) is 0 Å². The monoisotopic (exact) mass is 431 g/mol. The number of hydrogen-bond donors (Lipinski definition) is 1. The Bertz CT molecular complexity index is 371. The Morgan fingerprint density at radius 3 is 3.00 bits per heavy atom. The Kier molecular flexibility index (Phi) is 3.94. The highest BCUT2D eigenvalue weighted by molar-refractivity contribution is 14.1. The van der Waals surface area contributed by atoms with E-state index in [0.29, 0.717) is 0 Å². The summed E-state index contributed by atoms with van der Waals surface area (Å²) in [5.41, 5.74) is 1.27. The second kappa shape index (κ2) is 5.05. The maximum atomic E-state index is 5.78. The molecule has 0 aromatic heterocycles. The van der Waals surface area contributed by atoms with Crippen molar-refractivity contribution in [1.29, 1.82) is 0 Å². The lowest BCUT2D eigenvalue weighted by molar-refractivity contribution is 0.147. The molecule has 3 nitrogen and oxygen atoms in total. The third kappa shape index (κ3) is 2.50. The first-order valence-corrected chi connectivity index (χ1v) is 6.65. The largest absolute Gasteiger partial charge is 0.475 e. The van der Waals surface area contributed by atoms with Crippen molar-refractivity contribution in [2.75, 3.05) is 7.05 Å². The molecule has 1 aliphatic heterocycles. The van der Waals surface area contributed by atoms with Crippen LogP contribution in [0.5, 0.6) is 11.5 Å². The normalized spacial score (nSPS) is 19.3. The molecule has 15 heavy (non-hydrogen) atoms. The van der Waals surface area contributed by atoms with E-state index in [4.69, 9.17) is 7.80 Å². The molecule has 0 radical (unpaired) electrons. The zero-order valence-corrected chi connectivity index (χ0v) is 12.5. The molecule has 1 aromatic rings. The summed E-state index contributed by atoms with van der Waals surface area (Å²) in [6, 6.07) is 4.10. The minimum Gasteiger partial charge on any atom is -0.475 e. The summed E-state index contributed by atoms with van der Waals surface area (Å²) in [7, 11) is 1.91. The van der Waals surface area contributed by atoms with Gasteiger partial charge in [-0.05, 0) is 47.7 Å². The van der Waals surface area contributed by atoms with Gasteiger partial charge in [0.1, 0.15) is 12.0 Å². The molecule has 0 bridgehead atoms. The van der Waals surface area contributed by atoms with Gasteiger partial charge >= 0.3 is 0 Å². The van der Waals surface area contributed by atoms with Crippen molar-refractivity contribution in [3.63, 3.8) is 0 Å². The molecule has 0 amide bonds. The second-order valence-electron chi connectivity index (χ2n) is 3.40. The van der Waals surface area contributed by atoms with E-state index in [1.165, 1.54) is 5.56 Å². The van der Waals surface area contributed by atoms with Crippen LogP contribution in [0.3, 0.4) is 0 Å². The molecular formula is C10H11I2NO2. The summed E-state index contributed by atoms with van der Waals surface area (Å²) in [5, 5.41) is 3.13. The maximum Gasteiger partial charge on any atom is 0.192 e. The summed E-state index contributed by atoms with van der Waals surface area (Å²) in [5.74, 6) is 1.80. The van der Waals surface area contributed by atoms with Gasteiger partial charge in [-0.1, -0.05) is 0 Å². The molecule has 0 fully saturated rings. The number of hydrogen-bond acceptors (Lipinski definition) is 3. The lowest BCUT2D eigenvalue weighted by Gasteiger charge is -2.26. The van der Waals surface area contributed by atoms with Gasteiger partial charge in [-0.2, -0.15) is 0 Å². The number of ether oxygens (including phenoxy) is 1. The van der Waals surface area contributed by atoms with Crippen LogP contribution in [0.25, 0.3) is 0 Å². The summed E-state index contributed by atoms with van der Waals surface area (Å²) >= 11 is 4.17. The van der Waals surface area contributed by atoms with E-state index in [-0.39, 0.29) is 6.23 Å². The number of halogens is 2. The highest BCUT2D eigenvalue weighted by Crippen LogP contribution is 2.35. The molecule has 2 rings (SSSR count). The molecule has 1 aromatic carbocycles. The molecule has 5 heteroatoms. The van der Waals surface area contributed by atoms with Crippen LogP contribution in [-0.2, 0) is 6.42 Å². The van der Waals surface area contributed by atoms with Gasteiger partial charge in [-0.25, -0.2) is 0 Å². The third-order valence-corrected chi connectivity index (χ3v) is 3.78. The van der Waals surface area contributed by atoms with Crippen LogP contribution >= 0.6 is 45.6 Å². The second-order valence-corrected chi connectivity index (χ2v) is 5.00. The highest BCUT2D eigenvalue weighted by Gasteiger charge is 2.20. The zero-order valence-electron chi connectivity index (χ0n) is 8.22. The first kappa shape index (κ1) is 11.7. The molecule has 0 saturated carbocycles. The van der Waals surface area contributed by atoms with Gasteiger partial charge in [0, 0.05) is 12.5 Å². The molecule has 0 spiro atoms. The number of rotatable bonds is 2. The minimum atomic E-state index is 0.125. The van der Waals surface area contributed by atoms with E-state index >= 15 is 0 Å². The van der Waals surface area contributed by atoms with Crippen LogP contribution < -0.4 is 13.1 Å². The lowest BCUT2D eigenvalue weighted by atomic mass is 10.1. The molecular weight excluding hydrogens is 420 g/mol. The minimum absolute atomic E-state index is 0.125. The Morgan fingerprint density at radius 2 is 2.33 bits per heavy atom. The summed E-state index contributed by atoms with van der Waals surface area (Å²) in [6.07, 6.45) is 2.20. The van der Waals surface area contributed by atoms with E-state index < -0.39 is 0 Å². The van der Waals surface area contributed by atoms with Crippen LogP contribution in [0, 0.1) is 3.57 Å². The van der Waals surface area contributed by atoms with Crippen LogP contribution in [-0.4, -0.2) is 13.3 Å². The van der Waals surface area contributed by atoms with E-state index in [1.807, 2.05) is 36.1 Å². The van der Waals surface area contributed by atoms with Crippen LogP contribution in [0.2, 0.25) is 0 Å². The van der Waals surface area contributed by atoms with Gasteiger partial charge in [0.05, 0.1) is 3.57 Å². The molecule has 1 atom stereocenters. The maximum absolute atomic E-state index is 5.78. The number of fused-ring (bicyclic) bond motifs is 1.